The van der Waals surface area contributed by atoms with Crippen molar-refractivity contribution in [2.24, 2.45) is 11.8 Å². The number of rotatable bonds is 45. The highest BCUT2D eigenvalue weighted by Crippen LogP contribution is 2.30. The molecule has 2 N–H and O–H groups in total. The van der Waals surface area contributed by atoms with Crippen molar-refractivity contribution in [1.29, 1.82) is 0 Å². The molecule has 0 saturated heterocycles. The van der Waals surface area contributed by atoms with Gasteiger partial charge in [0.2, 0.25) is 0 Å². The Morgan fingerprint density at radius 3 is 0.808 bits per heavy atom. The van der Waals surface area contributed by atoms with Crippen molar-refractivity contribution in [3.05, 3.63) is 0 Å². The highest BCUT2D eigenvalue weighted by molar-refractivity contribution is 5.70. The third kappa shape index (κ3) is 38.7. The van der Waals surface area contributed by atoms with Gasteiger partial charge in [-0.05, 0) is 31.6 Å². The predicted molar refractivity (Wildman–Crippen MR) is 228 cm³/mol. The summed E-state index contributed by atoms with van der Waals surface area (Å²) in [4.78, 5) is 23.3. The summed E-state index contributed by atoms with van der Waals surface area (Å²) in [6.07, 6.45) is 53.1. The van der Waals surface area contributed by atoms with E-state index in [1.807, 2.05) is 0 Å². The summed E-state index contributed by atoms with van der Waals surface area (Å²) in [5, 5.41) is 19.2. The van der Waals surface area contributed by atoms with E-state index >= 15 is 0 Å². The quantitative estimate of drug-likeness (QED) is 0.0611. The number of carboxylic acid groups (broad SMARTS) is 2. The van der Waals surface area contributed by atoms with Gasteiger partial charge in [-0.2, -0.15) is 0 Å². The number of aliphatic carboxylic acids is 2. The van der Waals surface area contributed by atoms with Crippen LogP contribution < -0.4 is 0 Å². The Morgan fingerprint density at radius 2 is 0.558 bits per heavy atom. The molecule has 0 aromatic carbocycles. The largest absolute Gasteiger partial charge is 0.481 e. The maximum Gasteiger partial charge on any atom is 0.306 e. The van der Waals surface area contributed by atoms with E-state index in [-0.39, 0.29) is 12.3 Å². The Morgan fingerprint density at radius 1 is 0.327 bits per heavy atom. The summed E-state index contributed by atoms with van der Waals surface area (Å²) in [6.45, 7) is 4.58. The summed E-state index contributed by atoms with van der Waals surface area (Å²) in [5.41, 5.74) is 0. The Balaban J connectivity index is 4.23. The molecule has 310 valence electrons. The van der Waals surface area contributed by atoms with Gasteiger partial charge in [-0.1, -0.05) is 251 Å². The van der Waals surface area contributed by atoms with Gasteiger partial charge in [0, 0.05) is 6.42 Å². The lowest BCUT2D eigenvalue weighted by Gasteiger charge is -2.24. The molecule has 2 atom stereocenters. The van der Waals surface area contributed by atoms with Gasteiger partial charge in [-0.15, -0.1) is 0 Å². The maximum atomic E-state index is 12.5. The van der Waals surface area contributed by atoms with Crippen LogP contribution in [0.15, 0.2) is 0 Å². The average Bonchev–Trinajstić information content (AvgIpc) is 3.13. The molecular formula is C48H94O4. The van der Waals surface area contributed by atoms with Crippen molar-refractivity contribution in [3.8, 4) is 0 Å². The highest BCUT2D eigenvalue weighted by atomic mass is 16.4. The van der Waals surface area contributed by atoms with E-state index in [4.69, 9.17) is 5.11 Å². The molecule has 0 aliphatic heterocycles. The van der Waals surface area contributed by atoms with Crippen LogP contribution in [0.2, 0.25) is 0 Å². The lowest BCUT2D eigenvalue weighted by atomic mass is 9.80. The van der Waals surface area contributed by atoms with Gasteiger partial charge in [-0.3, -0.25) is 9.59 Å². The van der Waals surface area contributed by atoms with E-state index in [0.717, 1.165) is 64.2 Å². The van der Waals surface area contributed by atoms with Crippen molar-refractivity contribution < 1.29 is 19.8 Å². The van der Waals surface area contributed by atoms with Gasteiger partial charge in [0.1, 0.15) is 0 Å². The normalized spacial score (nSPS) is 12.7. The molecule has 0 aliphatic rings. The van der Waals surface area contributed by atoms with Crippen molar-refractivity contribution >= 4 is 11.9 Å². The Kier molecular flexibility index (Phi) is 41.8. The molecule has 0 aromatic heterocycles. The molecule has 0 spiro atoms. The van der Waals surface area contributed by atoms with Gasteiger partial charge in [0.25, 0.3) is 0 Å². The van der Waals surface area contributed by atoms with E-state index < -0.39 is 11.9 Å². The number of hydrogen-bond donors (Lipinski definition) is 2. The van der Waals surface area contributed by atoms with Gasteiger partial charge in [0.15, 0.2) is 0 Å². The van der Waals surface area contributed by atoms with Crippen LogP contribution in [0, 0.1) is 11.8 Å². The Hall–Kier alpha value is -1.06. The zero-order chi connectivity index (χ0) is 38.0. The van der Waals surface area contributed by atoms with E-state index in [1.165, 1.54) is 199 Å². The smallest absolute Gasteiger partial charge is 0.306 e. The van der Waals surface area contributed by atoms with E-state index in [2.05, 4.69) is 13.8 Å². The van der Waals surface area contributed by atoms with E-state index in [9.17, 15) is 14.7 Å². The third-order valence-electron chi connectivity index (χ3n) is 11.9. The molecule has 2 unspecified atom stereocenters. The summed E-state index contributed by atoms with van der Waals surface area (Å²) in [6, 6.07) is 0. The first-order valence-corrected chi connectivity index (χ1v) is 24.0. The number of hydrogen-bond acceptors (Lipinski definition) is 2. The lowest BCUT2D eigenvalue weighted by Crippen LogP contribution is -2.24. The minimum absolute atomic E-state index is 0.182. The molecule has 4 heteroatoms. The number of carboxylic acids is 2. The monoisotopic (exact) mass is 735 g/mol. The third-order valence-corrected chi connectivity index (χ3v) is 11.9. The Labute approximate surface area is 326 Å². The van der Waals surface area contributed by atoms with Crippen LogP contribution >= 0.6 is 0 Å². The fourth-order valence-corrected chi connectivity index (χ4v) is 8.36. The molecule has 0 saturated carbocycles. The van der Waals surface area contributed by atoms with Crippen LogP contribution in [-0.2, 0) is 9.59 Å². The standard InChI is InChI=1S/C48H94O4/c1-3-5-7-9-11-13-15-17-19-21-23-25-27-29-33-37-41-45(42-38-34-31-32-36-40-44-47(49)50)46(48(51)52)43-39-35-30-28-26-24-22-20-18-16-14-12-10-8-6-4-2/h45-46H,3-44H2,1-2H3,(H,49,50)(H,51,52). The SMILES string of the molecule is CCCCCCCCCCCCCCCCCCC(CCCCCCCCC(=O)O)C(CCCCCCCCCCCCCCCCCC)C(=O)O. The van der Waals surface area contributed by atoms with E-state index in [1.54, 1.807) is 0 Å². The molecule has 0 amide bonds. The number of unbranched alkanes of at least 4 members (excludes halogenated alkanes) is 35. The van der Waals surface area contributed by atoms with Gasteiger partial charge in [-0.25, -0.2) is 0 Å². The van der Waals surface area contributed by atoms with Crippen LogP contribution in [0.25, 0.3) is 0 Å². The second-order valence-electron chi connectivity index (χ2n) is 16.9. The predicted octanol–water partition coefficient (Wildman–Crippen LogP) is 16.8. The van der Waals surface area contributed by atoms with Crippen LogP contribution in [0.5, 0.6) is 0 Å². The molecule has 0 aliphatic carbocycles. The highest BCUT2D eigenvalue weighted by Gasteiger charge is 2.27. The second kappa shape index (κ2) is 42.7. The van der Waals surface area contributed by atoms with Gasteiger partial charge >= 0.3 is 11.9 Å². The molecule has 4 nitrogen and oxygen atoms in total. The summed E-state index contributed by atoms with van der Waals surface area (Å²) >= 11 is 0. The maximum absolute atomic E-state index is 12.5. The lowest BCUT2D eigenvalue weighted by molar-refractivity contribution is -0.144. The first-order chi connectivity index (χ1) is 25.5. The summed E-state index contributed by atoms with van der Waals surface area (Å²) in [7, 11) is 0. The van der Waals surface area contributed by atoms with Crippen molar-refractivity contribution in [2.45, 2.75) is 284 Å². The average molecular weight is 735 g/mol. The molecule has 0 aromatic rings. The molecular weight excluding hydrogens is 641 g/mol. The fourth-order valence-electron chi connectivity index (χ4n) is 8.36. The molecule has 0 radical (unpaired) electrons. The molecule has 0 rings (SSSR count). The zero-order valence-corrected chi connectivity index (χ0v) is 35.6. The van der Waals surface area contributed by atoms with Crippen molar-refractivity contribution in [3.63, 3.8) is 0 Å². The summed E-state index contributed by atoms with van der Waals surface area (Å²) in [5.74, 6) is -1.12. The fraction of sp³-hybridized carbons (Fsp3) is 0.958. The van der Waals surface area contributed by atoms with Crippen molar-refractivity contribution in [1.82, 2.24) is 0 Å². The number of carbonyl (C=O) groups is 2. The van der Waals surface area contributed by atoms with Crippen molar-refractivity contribution in [2.75, 3.05) is 0 Å². The Bertz CT molecular complexity index is 721. The minimum atomic E-state index is -0.694. The second-order valence-corrected chi connectivity index (χ2v) is 16.9. The first kappa shape index (κ1) is 50.9. The topological polar surface area (TPSA) is 74.6 Å². The van der Waals surface area contributed by atoms with E-state index in [0.29, 0.717) is 5.92 Å². The summed E-state index contributed by atoms with van der Waals surface area (Å²) < 4.78 is 0. The molecule has 0 heterocycles. The molecule has 0 fully saturated rings. The van der Waals surface area contributed by atoms with Gasteiger partial charge < -0.3 is 10.2 Å². The molecule has 52 heavy (non-hydrogen) atoms. The minimum Gasteiger partial charge on any atom is -0.481 e. The van der Waals surface area contributed by atoms with Crippen LogP contribution in [0.1, 0.15) is 284 Å². The zero-order valence-electron chi connectivity index (χ0n) is 35.6. The first-order valence-electron chi connectivity index (χ1n) is 24.0. The van der Waals surface area contributed by atoms with Crippen LogP contribution in [0.3, 0.4) is 0 Å². The molecule has 0 bridgehead atoms. The van der Waals surface area contributed by atoms with Gasteiger partial charge in [0.05, 0.1) is 5.92 Å². The van der Waals surface area contributed by atoms with Crippen LogP contribution in [-0.4, -0.2) is 22.2 Å². The van der Waals surface area contributed by atoms with Crippen LogP contribution in [0.4, 0.5) is 0 Å².